The van der Waals surface area contributed by atoms with Crippen molar-refractivity contribution in [2.24, 2.45) is 17.6 Å². The van der Waals surface area contributed by atoms with Crippen LogP contribution in [0.15, 0.2) is 36.2 Å². The average Bonchev–Trinajstić information content (AvgIpc) is 2.30. The summed E-state index contributed by atoms with van der Waals surface area (Å²) in [6.45, 7) is 6.26. The molecule has 92 valence electrons. The lowest BCUT2D eigenvalue weighted by Crippen LogP contribution is -2.50. The highest BCUT2D eigenvalue weighted by Gasteiger charge is 2.38. The van der Waals surface area contributed by atoms with Crippen LogP contribution in [0.5, 0.6) is 0 Å². The highest BCUT2D eigenvalue weighted by atomic mass is 16.2. The zero-order valence-corrected chi connectivity index (χ0v) is 10.7. The van der Waals surface area contributed by atoms with E-state index in [0.717, 1.165) is 12.1 Å². The van der Waals surface area contributed by atoms with Crippen LogP contribution in [0.25, 0.3) is 0 Å². The van der Waals surface area contributed by atoms with Crippen molar-refractivity contribution in [2.75, 3.05) is 0 Å². The van der Waals surface area contributed by atoms with Gasteiger partial charge in [0, 0.05) is 23.4 Å². The second-order valence-electron chi connectivity index (χ2n) is 5.32. The van der Waals surface area contributed by atoms with Crippen molar-refractivity contribution in [1.29, 1.82) is 0 Å². The Labute approximate surface area is 103 Å². The number of nitrogens with two attached hydrogens (primary N) is 1. The zero-order chi connectivity index (χ0) is 12.6. The number of nitrogens with zero attached hydrogens (tertiary/aromatic N) is 1. The predicted octanol–water partition coefficient (Wildman–Crippen LogP) is 2.18. The molecule has 3 heteroatoms. The van der Waals surface area contributed by atoms with Crippen molar-refractivity contribution in [3.8, 4) is 0 Å². The summed E-state index contributed by atoms with van der Waals surface area (Å²) in [5.74, 6) is 0.0591. The van der Waals surface area contributed by atoms with Crippen LogP contribution in [-0.4, -0.2) is 16.3 Å². The van der Waals surface area contributed by atoms with E-state index in [4.69, 9.17) is 5.73 Å². The molecule has 0 saturated carbocycles. The second-order valence-corrected chi connectivity index (χ2v) is 5.32. The maximum atomic E-state index is 12.5. The first kappa shape index (κ1) is 12.0. The highest BCUT2D eigenvalue weighted by Crippen LogP contribution is 2.34. The Hall–Kier alpha value is -1.51. The van der Waals surface area contributed by atoms with Crippen LogP contribution in [0.4, 0.5) is 0 Å². The normalized spacial score (nSPS) is 28.1. The molecule has 0 aromatic carbocycles. The Kier molecular flexibility index (Phi) is 2.86. The zero-order valence-electron chi connectivity index (χ0n) is 10.7. The molecular formula is C14H20N2O. The lowest BCUT2D eigenvalue weighted by atomic mass is 9.81. The third kappa shape index (κ3) is 1.90. The van der Waals surface area contributed by atoms with Crippen molar-refractivity contribution in [3.05, 3.63) is 36.2 Å². The first-order valence-corrected chi connectivity index (χ1v) is 6.12. The number of carbonyl (C=O) groups is 1. The van der Waals surface area contributed by atoms with Crippen molar-refractivity contribution < 1.29 is 4.79 Å². The molecule has 17 heavy (non-hydrogen) atoms. The van der Waals surface area contributed by atoms with Gasteiger partial charge in [0.05, 0.1) is 5.92 Å². The SMILES string of the molecule is CCC(C)(C)N1C=CC2C(N)=CC=CC2C1=O. The Morgan fingerprint density at radius 3 is 2.71 bits per heavy atom. The standard InChI is InChI=1S/C14H20N2O/c1-4-14(2,3)16-9-8-10-11(13(16)17)6-5-7-12(10)15/h5-11H,4,15H2,1-3H3. The van der Waals surface area contributed by atoms with Crippen LogP contribution in [0, 0.1) is 11.8 Å². The van der Waals surface area contributed by atoms with Gasteiger partial charge in [-0.15, -0.1) is 0 Å². The minimum atomic E-state index is -0.137. The third-order valence-electron chi connectivity index (χ3n) is 3.86. The van der Waals surface area contributed by atoms with E-state index in [1.54, 1.807) is 0 Å². The van der Waals surface area contributed by atoms with Gasteiger partial charge in [0.1, 0.15) is 0 Å². The van der Waals surface area contributed by atoms with Crippen molar-refractivity contribution in [2.45, 2.75) is 32.7 Å². The lowest BCUT2D eigenvalue weighted by molar-refractivity contribution is -0.137. The summed E-state index contributed by atoms with van der Waals surface area (Å²) in [6, 6.07) is 0. The Morgan fingerprint density at radius 1 is 1.35 bits per heavy atom. The Bertz CT molecular complexity index is 418. The molecule has 1 heterocycles. The molecule has 1 aliphatic heterocycles. The van der Waals surface area contributed by atoms with Crippen LogP contribution >= 0.6 is 0 Å². The molecule has 2 rings (SSSR count). The first-order valence-electron chi connectivity index (χ1n) is 6.12. The predicted molar refractivity (Wildman–Crippen MR) is 68.7 cm³/mol. The monoisotopic (exact) mass is 232 g/mol. The number of hydrogen-bond acceptors (Lipinski definition) is 2. The summed E-state index contributed by atoms with van der Waals surface area (Å²) < 4.78 is 0. The molecule has 2 unspecified atom stereocenters. The number of carbonyl (C=O) groups excluding carboxylic acids is 1. The molecule has 0 radical (unpaired) electrons. The van der Waals surface area contributed by atoms with Crippen LogP contribution in [0.3, 0.4) is 0 Å². The number of allylic oxidation sites excluding steroid dienone is 3. The summed E-state index contributed by atoms with van der Waals surface area (Å²) in [7, 11) is 0. The van der Waals surface area contributed by atoms with Crippen LogP contribution in [-0.2, 0) is 4.79 Å². The van der Waals surface area contributed by atoms with Gasteiger partial charge in [-0.2, -0.15) is 0 Å². The summed E-state index contributed by atoms with van der Waals surface area (Å²) in [5.41, 5.74) is 6.56. The second kappa shape index (κ2) is 4.06. The maximum absolute atomic E-state index is 12.5. The van der Waals surface area contributed by atoms with Gasteiger partial charge in [-0.05, 0) is 26.3 Å². The Balaban J connectivity index is 2.33. The molecule has 0 fully saturated rings. The summed E-state index contributed by atoms with van der Waals surface area (Å²) in [5, 5.41) is 0. The van der Waals surface area contributed by atoms with E-state index in [-0.39, 0.29) is 23.3 Å². The highest BCUT2D eigenvalue weighted by molar-refractivity contribution is 5.84. The van der Waals surface area contributed by atoms with Crippen LogP contribution in [0.2, 0.25) is 0 Å². The topological polar surface area (TPSA) is 46.3 Å². The van der Waals surface area contributed by atoms with E-state index in [2.05, 4.69) is 20.8 Å². The van der Waals surface area contributed by atoms with Gasteiger partial charge in [-0.3, -0.25) is 4.79 Å². The molecule has 2 N–H and O–H groups in total. The number of rotatable bonds is 2. The summed E-state index contributed by atoms with van der Waals surface area (Å²) in [6.07, 6.45) is 10.6. The quantitative estimate of drug-likeness (QED) is 0.793. The third-order valence-corrected chi connectivity index (χ3v) is 3.86. The van der Waals surface area contributed by atoms with Gasteiger partial charge in [-0.1, -0.05) is 25.2 Å². The van der Waals surface area contributed by atoms with Gasteiger partial charge in [0.2, 0.25) is 5.91 Å². The van der Waals surface area contributed by atoms with Crippen molar-refractivity contribution in [1.82, 2.24) is 4.90 Å². The minimum absolute atomic E-state index is 0.0383. The van der Waals surface area contributed by atoms with Crippen LogP contribution in [0.1, 0.15) is 27.2 Å². The fourth-order valence-electron chi connectivity index (χ4n) is 2.27. The van der Waals surface area contributed by atoms with Crippen LogP contribution < -0.4 is 5.73 Å². The molecular weight excluding hydrogens is 212 g/mol. The molecule has 0 saturated heterocycles. The van der Waals surface area contributed by atoms with Crippen molar-refractivity contribution in [3.63, 3.8) is 0 Å². The minimum Gasteiger partial charge on any atom is -0.402 e. The fourth-order valence-corrected chi connectivity index (χ4v) is 2.27. The molecule has 0 bridgehead atoms. The van der Waals surface area contributed by atoms with Gasteiger partial charge in [0.25, 0.3) is 0 Å². The van der Waals surface area contributed by atoms with E-state index < -0.39 is 0 Å². The molecule has 3 nitrogen and oxygen atoms in total. The smallest absolute Gasteiger partial charge is 0.234 e. The summed E-state index contributed by atoms with van der Waals surface area (Å²) in [4.78, 5) is 14.3. The molecule has 1 amide bonds. The average molecular weight is 232 g/mol. The van der Waals surface area contributed by atoms with Crippen molar-refractivity contribution >= 4 is 5.91 Å². The van der Waals surface area contributed by atoms with Gasteiger partial charge in [0.15, 0.2) is 0 Å². The van der Waals surface area contributed by atoms with Gasteiger partial charge < -0.3 is 10.6 Å². The molecule has 0 aromatic rings. The fraction of sp³-hybridized carbons (Fsp3) is 0.500. The Morgan fingerprint density at radius 2 is 2.06 bits per heavy atom. The number of hydrogen-bond donors (Lipinski definition) is 1. The molecule has 0 aromatic heterocycles. The lowest BCUT2D eigenvalue weighted by Gasteiger charge is -2.42. The van der Waals surface area contributed by atoms with Gasteiger partial charge >= 0.3 is 0 Å². The molecule has 2 aliphatic rings. The maximum Gasteiger partial charge on any atom is 0.234 e. The van der Waals surface area contributed by atoms with E-state index in [1.165, 1.54) is 0 Å². The number of fused-ring (bicyclic) bond motifs is 1. The molecule has 1 aliphatic carbocycles. The molecule has 0 spiro atoms. The number of amides is 1. The largest absolute Gasteiger partial charge is 0.402 e. The van der Waals surface area contributed by atoms with Gasteiger partial charge in [-0.25, -0.2) is 0 Å². The van der Waals surface area contributed by atoms with E-state index in [0.29, 0.717) is 0 Å². The first-order chi connectivity index (χ1) is 7.97. The van der Waals surface area contributed by atoms with E-state index >= 15 is 0 Å². The van der Waals surface area contributed by atoms with E-state index in [9.17, 15) is 4.79 Å². The summed E-state index contributed by atoms with van der Waals surface area (Å²) >= 11 is 0. The molecule has 2 atom stereocenters. The van der Waals surface area contributed by atoms with E-state index in [1.807, 2.05) is 35.4 Å².